The van der Waals surface area contributed by atoms with Gasteiger partial charge in [0.1, 0.15) is 0 Å². The summed E-state index contributed by atoms with van der Waals surface area (Å²) in [6.45, 7) is 0. The van der Waals surface area contributed by atoms with Crippen molar-refractivity contribution in [2.75, 3.05) is 19.0 Å². The van der Waals surface area contributed by atoms with Crippen LogP contribution in [-0.4, -0.2) is 14.1 Å². The van der Waals surface area contributed by atoms with E-state index in [-0.39, 0.29) is 0 Å². The van der Waals surface area contributed by atoms with Crippen LogP contribution in [0.25, 0.3) is 11.1 Å². The number of hydrogen-bond donors (Lipinski definition) is 0. The molecule has 3 rings (SSSR count). The zero-order valence-corrected chi connectivity index (χ0v) is 12.2. The Labute approximate surface area is 116 Å². The van der Waals surface area contributed by atoms with Crippen molar-refractivity contribution in [3.8, 4) is 11.1 Å². The molecule has 0 aliphatic heterocycles. The molecule has 0 spiro atoms. The van der Waals surface area contributed by atoms with E-state index in [2.05, 4.69) is 78.0 Å². The summed E-state index contributed by atoms with van der Waals surface area (Å²) >= 11 is 2.38. The van der Waals surface area contributed by atoms with Crippen LogP contribution < -0.4 is 4.90 Å². The van der Waals surface area contributed by atoms with Crippen LogP contribution in [0.5, 0.6) is 0 Å². The molecule has 0 atom stereocenters. The van der Waals surface area contributed by atoms with Crippen molar-refractivity contribution >= 4 is 28.3 Å². The number of hydrogen-bond acceptors (Lipinski definition) is 1. The molecule has 0 heterocycles. The van der Waals surface area contributed by atoms with Crippen molar-refractivity contribution in [1.82, 2.24) is 0 Å². The fraction of sp³-hybridized carbons (Fsp3) is 0.200. The third-order valence-electron chi connectivity index (χ3n) is 3.34. The molecule has 2 aromatic rings. The van der Waals surface area contributed by atoms with Gasteiger partial charge in [-0.25, -0.2) is 0 Å². The molecule has 0 radical (unpaired) electrons. The maximum atomic E-state index is 2.38. The molecule has 0 unspecified atom stereocenters. The fourth-order valence-corrected chi connectivity index (χ4v) is 3.00. The maximum Gasteiger partial charge on any atom is 0.0364 e. The first kappa shape index (κ1) is 11.1. The summed E-state index contributed by atoms with van der Waals surface area (Å²) in [7, 11) is 4.18. The molecule has 17 heavy (non-hydrogen) atoms. The van der Waals surface area contributed by atoms with E-state index in [0.29, 0.717) is 0 Å². The molecule has 0 saturated heterocycles. The molecular formula is C15H14IN. The largest absolute Gasteiger partial charge is 0.378 e. The lowest BCUT2D eigenvalue weighted by Crippen LogP contribution is -2.08. The number of halogens is 1. The number of rotatable bonds is 1. The lowest BCUT2D eigenvalue weighted by atomic mass is 10.1. The Balaban J connectivity index is 2.12. The minimum Gasteiger partial charge on any atom is -0.378 e. The third kappa shape index (κ3) is 1.84. The van der Waals surface area contributed by atoms with Gasteiger partial charge in [0.05, 0.1) is 0 Å². The van der Waals surface area contributed by atoms with Gasteiger partial charge in [0.25, 0.3) is 0 Å². The Morgan fingerprint density at radius 1 is 0.941 bits per heavy atom. The van der Waals surface area contributed by atoms with Gasteiger partial charge < -0.3 is 4.90 Å². The van der Waals surface area contributed by atoms with Gasteiger partial charge in [-0.2, -0.15) is 0 Å². The van der Waals surface area contributed by atoms with Crippen molar-refractivity contribution in [2.45, 2.75) is 6.42 Å². The zero-order chi connectivity index (χ0) is 12.0. The van der Waals surface area contributed by atoms with Crippen LogP contribution in [-0.2, 0) is 6.42 Å². The Hall–Kier alpha value is -1.03. The van der Waals surface area contributed by atoms with E-state index in [0.717, 1.165) is 6.42 Å². The lowest BCUT2D eigenvalue weighted by molar-refractivity contribution is 1.12. The van der Waals surface area contributed by atoms with E-state index in [1.165, 1.54) is 31.5 Å². The summed E-state index contributed by atoms with van der Waals surface area (Å²) < 4.78 is 1.32. The maximum absolute atomic E-state index is 2.38. The standard InChI is InChI=1S/C15H14IN/c1-17(2)13-4-6-15-11(9-13)7-10-8-12(16)3-5-14(10)15/h3-6,8-9H,7H2,1-2H3/i16-2. The molecule has 86 valence electrons. The number of benzene rings is 2. The first-order valence-corrected chi connectivity index (χ1v) is 6.82. The van der Waals surface area contributed by atoms with Gasteiger partial charge in [-0.1, -0.05) is 12.1 Å². The normalized spacial score (nSPS) is 12.2. The molecule has 1 aliphatic carbocycles. The van der Waals surface area contributed by atoms with E-state index >= 15 is 0 Å². The van der Waals surface area contributed by atoms with Gasteiger partial charge in [-0.05, 0) is 75.5 Å². The van der Waals surface area contributed by atoms with Crippen molar-refractivity contribution in [2.24, 2.45) is 0 Å². The van der Waals surface area contributed by atoms with E-state index in [1.54, 1.807) is 0 Å². The van der Waals surface area contributed by atoms with Crippen LogP contribution >= 0.6 is 22.6 Å². The van der Waals surface area contributed by atoms with Gasteiger partial charge in [-0.15, -0.1) is 0 Å². The fourth-order valence-electron chi connectivity index (χ4n) is 2.44. The molecule has 0 saturated carbocycles. The monoisotopic (exact) mass is 333 g/mol. The Kier molecular flexibility index (Phi) is 2.62. The van der Waals surface area contributed by atoms with Gasteiger partial charge in [-0.3, -0.25) is 0 Å². The first-order chi connectivity index (χ1) is 8.15. The van der Waals surface area contributed by atoms with Crippen LogP contribution in [0.2, 0.25) is 0 Å². The van der Waals surface area contributed by atoms with Gasteiger partial charge >= 0.3 is 0 Å². The summed E-state index contributed by atoms with van der Waals surface area (Å²) in [6.07, 6.45) is 1.07. The lowest BCUT2D eigenvalue weighted by Gasteiger charge is -2.13. The van der Waals surface area contributed by atoms with E-state index in [1.807, 2.05) is 0 Å². The van der Waals surface area contributed by atoms with E-state index < -0.39 is 0 Å². The van der Waals surface area contributed by atoms with Crippen LogP contribution in [0, 0.1) is 3.57 Å². The molecule has 1 aliphatic rings. The Bertz CT molecular complexity index is 587. The number of anilines is 1. The topological polar surface area (TPSA) is 3.24 Å². The summed E-state index contributed by atoms with van der Waals surface area (Å²) in [5, 5.41) is 0. The zero-order valence-electron chi connectivity index (χ0n) is 10.00. The molecule has 2 aromatic carbocycles. The summed E-state index contributed by atoms with van der Waals surface area (Å²) in [5.74, 6) is 0. The van der Waals surface area contributed by atoms with Crippen molar-refractivity contribution in [3.63, 3.8) is 0 Å². The minimum absolute atomic E-state index is 1.07. The average Bonchev–Trinajstić information content (AvgIpc) is 2.64. The highest BCUT2D eigenvalue weighted by Gasteiger charge is 2.18. The second-order valence-electron chi connectivity index (χ2n) is 4.71. The molecule has 0 fully saturated rings. The molecule has 2 heteroatoms. The molecule has 0 amide bonds. The Morgan fingerprint density at radius 2 is 1.59 bits per heavy atom. The third-order valence-corrected chi connectivity index (χ3v) is 4.01. The SMILES string of the molecule is CN(C)c1ccc2c(c1)Cc1cc([125I])ccc1-2. The summed E-state index contributed by atoms with van der Waals surface area (Å²) in [4.78, 5) is 2.16. The predicted molar refractivity (Wildman–Crippen MR) is 81.7 cm³/mol. The second kappa shape index (κ2) is 4.02. The molecule has 0 aromatic heterocycles. The average molecular weight is 333 g/mol. The van der Waals surface area contributed by atoms with Gasteiger partial charge in [0, 0.05) is 23.4 Å². The minimum atomic E-state index is 1.07. The van der Waals surface area contributed by atoms with Crippen molar-refractivity contribution < 1.29 is 0 Å². The van der Waals surface area contributed by atoms with Crippen LogP contribution in [0.4, 0.5) is 5.69 Å². The van der Waals surface area contributed by atoms with Crippen LogP contribution in [0.3, 0.4) is 0 Å². The highest BCUT2D eigenvalue weighted by molar-refractivity contribution is 14.1. The quantitative estimate of drug-likeness (QED) is 0.610. The molecular weight excluding hydrogens is 319 g/mol. The van der Waals surface area contributed by atoms with Crippen LogP contribution in [0.15, 0.2) is 36.4 Å². The van der Waals surface area contributed by atoms with E-state index in [9.17, 15) is 0 Å². The second-order valence-corrected chi connectivity index (χ2v) is 5.96. The first-order valence-electron chi connectivity index (χ1n) is 5.74. The number of fused-ring (bicyclic) bond motifs is 3. The van der Waals surface area contributed by atoms with Gasteiger partial charge in [0.15, 0.2) is 0 Å². The highest BCUT2D eigenvalue weighted by Crippen LogP contribution is 2.38. The predicted octanol–water partition coefficient (Wildman–Crippen LogP) is 3.93. The number of nitrogens with zero attached hydrogens (tertiary/aromatic N) is 1. The summed E-state index contributed by atoms with van der Waals surface area (Å²) in [5.41, 5.74) is 7.01. The Morgan fingerprint density at radius 3 is 2.29 bits per heavy atom. The summed E-state index contributed by atoms with van der Waals surface area (Å²) in [6, 6.07) is 13.5. The highest BCUT2D eigenvalue weighted by atomic mass is 125. The smallest absolute Gasteiger partial charge is 0.0364 e. The molecule has 1 nitrogen and oxygen atoms in total. The van der Waals surface area contributed by atoms with Crippen molar-refractivity contribution in [1.29, 1.82) is 0 Å². The van der Waals surface area contributed by atoms with Crippen molar-refractivity contribution in [3.05, 3.63) is 51.1 Å². The van der Waals surface area contributed by atoms with Gasteiger partial charge in [0.2, 0.25) is 0 Å². The van der Waals surface area contributed by atoms with Crippen LogP contribution in [0.1, 0.15) is 11.1 Å². The molecule has 0 bridgehead atoms. The van der Waals surface area contributed by atoms with E-state index in [4.69, 9.17) is 0 Å². The molecule has 0 N–H and O–H groups in total.